The largest absolute Gasteiger partial charge is 0.289 e. The van der Waals surface area contributed by atoms with Crippen LogP contribution in [0, 0.1) is 0 Å². The molecular weight excluding hydrogens is 561 g/mol. The van der Waals surface area contributed by atoms with Crippen LogP contribution in [0.3, 0.4) is 0 Å². The molecule has 0 saturated carbocycles. The Hall–Kier alpha value is -4.57. The van der Waals surface area contributed by atoms with Crippen LogP contribution in [0.1, 0.15) is 40.9 Å². The highest BCUT2D eigenvalue weighted by molar-refractivity contribution is 7.26. The van der Waals surface area contributed by atoms with Gasteiger partial charge in [-0.3, -0.25) is 4.79 Å². The topological polar surface area (TPSA) is 17.1 Å². The number of hydrogen-bond donors (Lipinski definition) is 0. The van der Waals surface area contributed by atoms with E-state index in [1.165, 1.54) is 51.5 Å². The van der Waals surface area contributed by atoms with Crippen LogP contribution in [0.5, 0.6) is 0 Å². The average molecular weight is 587 g/mol. The molecule has 0 N–H and O–H groups in total. The molecule has 3 heteroatoms. The summed E-state index contributed by atoms with van der Waals surface area (Å²) in [6.07, 6.45) is 0. The predicted molar refractivity (Wildman–Crippen MR) is 185 cm³/mol. The van der Waals surface area contributed by atoms with Crippen LogP contribution in [0.2, 0.25) is 0 Å². The molecule has 2 heterocycles. The number of rotatable bonds is 2. The summed E-state index contributed by atoms with van der Waals surface area (Å²) < 4.78 is 5.11. The zero-order valence-corrected chi connectivity index (χ0v) is 25.4. The second-order valence-corrected chi connectivity index (χ2v) is 14.1. The number of carbonyl (C=O) groups excluding carboxylic acids is 1. The lowest BCUT2D eigenvalue weighted by Crippen LogP contribution is -2.30. The smallest absolute Gasteiger partial charge is 0.193 e. The number of thiophene rings is 2. The van der Waals surface area contributed by atoms with Gasteiger partial charge in [0.25, 0.3) is 0 Å². The van der Waals surface area contributed by atoms with E-state index in [1.54, 1.807) is 0 Å². The fourth-order valence-electron chi connectivity index (χ4n) is 7.13. The molecule has 0 saturated heterocycles. The maximum absolute atomic E-state index is 14.4. The van der Waals surface area contributed by atoms with Crippen LogP contribution in [0.25, 0.3) is 62.6 Å². The van der Waals surface area contributed by atoms with Gasteiger partial charge in [-0.05, 0) is 57.6 Å². The fourth-order valence-corrected chi connectivity index (χ4v) is 9.61. The Balaban J connectivity index is 1.21. The zero-order chi connectivity index (χ0) is 28.9. The van der Waals surface area contributed by atoms with Gasteiger partial charge in [-0.25, -0.2) is 0 Å². The Kier molecular flexibility index (Phi) is 5.21. The van der Waals surface area contributed by atoms with Crippen molar-refractivity contribution >= 4 is 68.8 Å². The van der Waals surface area contributed by atoms with E-state index in [4.69, 9.17) is 0 Å². The van der Waals surface area contributed by atoms with Crippen LogP contribution < -0.4 is 0 Å². The van der Waals surface area contributed by atoms with E-state index in [2.05, 4.69) is 135 Å². The highest BCUT2D eigenvalue weighted by Crippen LogP contribution is 2.46. The highest BCUT2D eigenvalue weighted by Gasteiger charge is 2.37. The van der Waals surface area contributed by atoms with Gasteiger partial charge in [0.15, 0.2) is 5.78 Å². The van der Waals surface area contributed by atoms with Crippen molar-refractivity contribution < 1.29 is 4.79 Å². The summed E-state index contributed by atoms with van der Waals surface area (Å²) >= 11 is 3.66. The average Bonchev–Trinajstić information content (AvgIpc) is 3.62. The molecule has 204 valence electrons. The SMILES string of the molecule is CC1(C)c2ccc(-c3cccc4c3sc3ccccc34)cc2C(=O)c2cc(-c3cccc4c3sc3ccccc34)ccc21. The second kappa shape index (κ2) is 8.97. The van der Waals surface area contributed by atoms with E-state index < -0.39 is 0 Å². The summed E-state index contributed by atoms with van der Waals surface area (Å²) in [6.45, 7) is 4.49. The highest BCUT2D eigenvalue weighted by atomic mass is 32.1. The third kappa shape index (κ3) is 3.53. The summed E-state index contributed by atoms with van der Waals surface area (Å²) in [5.74, 6) is 0.111. The first kappa shape index (κ1) is 25.0. The standard InChI is InChI=1S/C40H26OS2/c1-40(2)33-19-17-23(25-11-7-13-29-27-9-3-5-15-35(27)42-38(25)29)21-31(33)37(41)32-22-24(18-20-34(32)40)26-12-8-14-30-28-10-4-6-16-36(28)43-39(26)30/h3-22H,1-2H3. The van der Waals surface area contributed by atoms with E-state index in [-0.39, 0.29) is 11.2 Å². The zero-order valence-electron chi connectivity index (χ0n) is 23.8. The van der Waals surface area contributed by atoms with Crippen LogP contribution in [-0.4, -0.2) is 5.78 Å². The van der Waals surface area contributed by atoms with Crippen molar-refractivity contribution in [2.24, 2.45) is 0 Å². The van der Waals surface area contributed by atoms with E-state index in [0.717, 1.165) is 33.4 Å². The van der Waals surface area contributed by atoms with E-state index in [9.17, 15) is 4.79 Å². The van der Waals surface area contributed by atoms with Crippen LogP contribution >= 0.6 is 22.7 Å². The molecule has 43 heavy (non-hydrogen) atoms. The minimum absolute atomic E-state index is 0.111. The van der Waals surface area contributed by atoms with Crippen molar-refractivity contribution in [3.63, 3.8) is 0 Å². The maximum Gasteiger partial charge on any atom is 0.193 e. The first-order valence-corrected chi connectivity index (χ1v) is 16.3. The number of ketones is 1. The van der Waals surface area contributed by atoms with Crippen molar-refractivity contribution in [3.8, 4) is 22.3 Å². The number of benzene rings is 6. The number of hydrogen-bond acceptors (Lipinski definition) is 3. The van der Waals surface area contributed by atoms with Crippen molar-refractivity contribution in [1.29, 1.82) is 0 Å². The number of fused-ring (bicyclic) bond motifs is 8. The molecule has 6 aromatic carbocycles. The second-order valence-electron chi connectivity index (χ2n) is 12.0. The van der Waals surface area contributed by atoms with Gasteiger partial charge >= 0.3 is 0 Å². The molecule has 0 amide bonds. The normalized spacial score (nSPS) is 14.0. The molecule has 0 bridgehead atoms. The quantitative estimate of drug-likeness (QED) is 0.197. The number of carbonyl (C=O) groups is 1. The lowest BCUT2D eigenvalue weighted by molar-refractivity contribution is 0.103. The van der Waals surface area contributed by atoms with E-state index in [1.807, 2.05) is 22.7 Å². The third-order valence-corrected chi connectivity index (χ3v) is 11.7. The predicted octanol–water partition coefficient (Wildman–Crippen LogP) is 11.6. The molecule has 8 aromatic rings. The van der Waals surface area contributed by atoms with Gasteiger partial charge < -0.3 is 0 Å². The van der Waals surface area contributed by atoms with Crippen molar-refractivity contribution in [2.75, 3.05) is 0 Å². The van der Waals surface area contributed by atoms with Gasteiger partial charge in [-0.1, -0.05) is 111 Å². The molecule has 0 radical (unpaired) electrons. The summed E-state index contributed by atoms with van der Waals surface area (Å²) in [5.41, 5.74) is 8.07. The first-order valence-electron chi connectivity index (χ1n) is 14.6. The van der Waals surface area contributed by atoms with Crippen LogP contribution in [0.4, 0.5) is 0 Å². The van der Waals surface area contributed by atoms with Gasteiger partial charge in [0.1, 0.15) is 0 Å². The van der Waals surface area contributed by atoms with Gasteiger partial charge in [-0.2, -0.15) is 0 Å². The lowest BCUT2D eigenvalue weighted by atomic mass is 9.67. The van der Waals surface area contributed by atoms with Crippen LogP contribution in [-0.2, 0) is 5.41 Å². The van der Waals surface area contributed by atoms with Gasteiger partial charge in [0.2, 0.25) is 0 Å². The van der Waals surface area contributed by atoms with E-state index >= 15 is 0 Å². The minimum Gasteiger partial charge on any atom is -0.289 e. The van der Waals surface area contributed by atoms with Gasteiger partial charge in [0, 0.05) is 56.9 Å². The molecule has 2 aromatic heterocycles. The van der Waals surface area contributed by atoms with Crippen LogP contribution in [0.15, 0.2) is 121 Å². The Morgan fingerprint density at radius 3 is 1.40 bits per heavy atom. The summed E-state index contributed by atoms with van der Waals surface area (Å²) in [7, 11) is 0. The van der Waals surface area contributed by atoms with Gasteiger partial charge in [-0.15, -0.1) is 22.7 Å². The summed E-state index contributed by atoms with van der Waals surface area (Å²) in [5, 5.41) is 5.12. The molecule has 1 aliphatic rings. The maximum atomic E-state index is 14.4. The molecule has 0 unspecified atom stereocenters. The third-order valence-electron chi connectivity index (χ3n) is 9.31. The molecule has 0 aliphatic heterocycles. The molecule has 0 fully saturated rings. The summed E-state index contributed by atoms with van der Waals surface area (Å²) in [4.78, 5) is 14.4. The van der Waals surface area contributed by atoms with E-state index in [0.29, 0.717) is 0 Å². The summed E-state index contributed by atoms with van der Waals surface area (Å²) in [6, 6.07) is 43.3. The fraction of sp³-hybridized carbons (Fsp3) is 0.0750. The monoisotopic (exact) mass is 586 g/mol. The molecular formula is C40H26OS2. The Morgan fingerprint density at radius 1 is 0.465 bits per heavy atom. The molecule has 1 nitrogen and oxygen atoms in total. The van der Waals surface area contributed by atoms with Crippen molar-refractivity contribution in [2.45, 2.75) is 19.3 Å². The molecule has 9 rings (SSSR count). The first-order chi connectivity index (χ1) is 21.0. The molecule has 0 atom stereocenters. The Labute approximate surface area is 257 Å². The Bertz CT molecular complexity index is 2280. The van der Waals surface area contributed by atoms with Crippen molar-refractivity contribution in [1.82, 2.24) is 0 Å². The molecule has 1 aliphatic carbocycles. The Morgan fingerprint density at radius 2 is 0.907 bits per heavy atom. The molecule has 0 spiro atoms. The lowest BCUT2D eigenvalue weighted by Gasteiger charge is -2.35. The van der Waals surface area contributed by atoms with Crippen molar-refractivity contribution in [3.05, 3.63) is 144 Å². The minimum atomic E-state index is -0.289. The van der Waals surface area contributed by atoms with Gasteiger partial charge in [0.05, 0.1) is 0 Å².